The Labute approximate surface area is 102 Å². The predicted octanol–water partition coefficient (Wildman–Crippen LogP) is 1.54. The zero-order valence-corrected chi connectivity index (χ0v) is 10.4. The molecule has 1 fully saturated rings. The van der Waals surface area contributed by atoms with E-state index in [1.165, 1.54) is 6.42 Å². The van der Waals surface area contributed by atoms with E-state index in [2.05, 4.69) is 15.7 Å². The molecule has 0 aromatic carbocycles. The van der Waals surface area contributed by atoms with Crippen molar-refractivity contribution in [1.82, 2.24) is 15.1 Å². The van der Waals surface area contributed by atoms with Crippen molar-refractivity contribution in [3.63, 3.8) is 0 Å². The highest BCUT2D eigenvalue weighted by Gasteiger charge is 2.18. The molecule has 1 amide bonds. The third-order valence-corrected chi connectivity index (χ3v) is 3.02. The van der Waals surface area contributed by atoms with E-state index in [1.54, 1.807) is 6.20 Å². The topological polar surface area (TPSA) is 59.0 Å². The summed E-state index contributed by atoms with van der Waals surface area (Å²) in [5.41, 5.74) is 0. The number of rotatable bonds is 4. The van der Waals surface area contributed by atoms with Crippen LogP contribution in [0.15, 0.2) is 12.3 Å². The number of nitrogens with one attached hydrogen (secondary N) is 2. The van der Waals surface area contributed by atoms with Crippen LogP contribution in [0.4, 0.5) is 5.82 Å². The van der Waals surface area contributed by atoms with Gasteiger partial charge in [0.15, 0.2) is 0 Å². The molecule has 1 aromatic rings. The van der Waals surface area contributed by atoms with E-state index in [0.717, 1.165) is 18.8 Å². The average molecular weight is 236 g/mol. The van der Waals surface area contributed by atoms with Crippen molar-refractivity contribution in [2.75, 3.05) is 11.9 Å². The highest BCUT2D eigenvalue weighted by atomic mass is 16.1. The summed E-state index contributed by atoms with van der Waals surface area (Å²) in [6.07, 6.45) is 4.52. The maximum atomic E-state index is 11.8. The minimum Gasteiger partial charge on any atom is -0.313 e. The first-order chi connectivity index (χ1) is 8.16. The predicted molar refractivity (Wildman–Crippen MR) is 66.9 cm³/mol. The molecule has 2 rings (SSSR count). The Hall–Kier alpha value is -1.36. The Balaban J connectivity index is 1.90. The molecule has 2 heterocycles. The lowest BCUT2D eigenvalue weighted by Crippen LogP contribution is -2.28. The molecular formula is C12H20N4O. The van der Waals surface area contributed by atoms with Gasteiger partial charge in [0.2, 0.25) is 5.91 Å². The lowest BCUT2D eigenvalue weighted by Gasteiger charge is -2.13. The number of nitrogens with zero attached hydrogens (tertiary/aromatic N) is 2. The van der Waals surface area contributed by atoms with E-state index in [1.807, 2.05) is 24.6 Å². The van der Waals surface area contributed by atoms with Crippen LogP contribution in [0, 0.1) is 0 Å². The van der Waals surface area contributed by atoms with Gasteiger partial charge in [-0.2, -0.15) is 5.10 Å². The lowest BCUT2D eigenvalue weighted by molar-refractivity contribution is -0.116. The molecule has 1 aliphatic rings. The van der Waals surface area contributed by atoms with Gasteiger partial charge in [0, 0.05) is 24.6 Å². The van der Waals surface area contributed by atoms with Crippen molar-refractivity contribution < 1.29 is 4.79 Å². The second-order valence-corrected chi connectivity index (χ2v) is 4.80. The van der Waals surface area contributed by atoms with E-state index < -0.39 is 0 Å². The van der Waals surface area contributed by atoms with E-state index in [-0.39, 0.29) is 11.9 Å². The molecular weight excluding hydrogens is 216 g/mol. The molecule has 0 spiro atoms. The van der Waals surface area contributed by atoms with Gasteiger partial charge < -0.3 is 10.6 Å². The first kappa shape index (κ1) is 12.1. The van der Waals surface area contributed by atoms with Gasteiger partial charge in [0.25, 0.3) is 0 Å². The van der Waals surface area contributed by atoms with E-state index in [0.29, 0.717) is 12.5 Å². The Morgan fingerprint density at radius 1 is 1.71 bits per heavy atom. The third-order valence-electron chi connectivity index (χ3n) is 3.02. The van der Waals surface area contributed by atoms with Crippen LogP contribution in [0.25, 0.3) is 0 Å². The van der Waals surface area contributed by atoms with Crippen LogP contribution < -0.4 is 10.6 Å². The van der Waals surface area contributed by atoms with Gasteiger partial charge in [-0.1, -0.05) is 0 Å². The smallest absolute Gasteiger partial charge is 0.227 e. The molecule has 17 heavy (non-hydrogen) atoms. The molecule has 1 aliphatic heterocycles. The molecule has 2 N–H and O–H groups in total. The van der Waals surface area contributed by atoms with Crippen LogP contribution in [0.1, 0.15) is 39.2 Å². The maximum absolute atomic E-state index is 11.8. The fourth-order valence-electron chi connectivity index (χ4n) is 2.17. The largest absolute Gasteiger partial charge is 0.313 e. The molecule has 94 valence electrons. The zero-order chi connectivity index (χ0) is 12.3. The minimum absolute atomic E-state index is 0.0619. The van der Waals surface area contributed by atoms with Crippen LogP contribution in [-0.4, -0.2) is 28.3 Å². The Kier molecular flexibility index (Phi) is 3.78. The van der Waals surface area contributed by atoms with Crippen LogP contribution in [0.3, 0.4) is 0 Å². The summed E-state index contributed by atoms with van der Waals surface area (Å²) in [6.45, 7) is 5.12. The Bertz CT molecular complexity index is 380. The van der Waals surface area contributed by atoms with Crippen molar-refractivity contribution in [2.45, 2.75) is 45.2 Å². The monoisotopic (exact) mass is 236 g/mol. The number of anilines is 1. The molecule has 1 atom stereocenters. The van der Waals surface area contributed by atoms with Crippen LogP contribution in [0.5, 0.6) is 0 Å². The quantitative estimate of drug-likeness (QED) is 0.833. The molecule has 1 saturated heterocycles. The fraction of sp³-hybridized carbons (Fsp3) is 0.667. The van der Waals surface area contributed by atoms with Gasteiger partial charge in [0.05, 0.1) is 6.20 Å². The van der Waals surface area contributed by atoms with Gasteiger partial charge in [-0.3, -0.25) is 4.79 Å². The summed E-state index contributed by atoms with van der Waals surface area (Å²) in [7, 11) is 0. The van der Waals surface area contributed by atoms with Crippen molar-refractivity contribution in [1.29, 1.82) is 0 Å². The Morgan fingerprint density at radius 3 is 3.18 bits per heavy atom. The Morgan fingerprint density at radius 2 is 2.53 bits per heavy atom. The summed E-state index contributed by atoms with van der Waals surface area (Å²) in [5.74, 6) is 0.842. The molecule has 0 saturated carbocycles. The highest BCUT2D eigenvalue weighted by Crippen LogP contribution is 2.14. The zero-order valence-electron chi connectivity index (χ0n) is 10.4. The number of carbonyl (C=O) groups excluding carboxylic acids is 1. The first-order valence-electron chi connectivity index (χ1n) is 6.23. The summed E-state index contributed by atoms with van der Waals surface area (Å²) >= 11 is 0. The van der Waals surface area contributed by atoms with Gasteiger partial charge in [-0.15, -0.1) is 0 Å². The van der Waals surface area contributed by atoms with E-state index in [9.17, 15) is 4.79 Å². The molecule has 0 bridgehead atoms. The minimum atomic E-state index is 0.0619. The van der Waals surface area contributed by atoms with Gasteiger partial charge in [-0.25, -0.2) is 4.68 Å². The van der Waals surface area contributed by atoms with E-state index in [4.69, 9.17) is 0 Å². The average Bonchev–Trinajstić information content (AvgIpc) is 2.88. The van der Waals surface area contributed by atoms with Crippen molar-refractivity contribution in [3.8, 4) is 0 Å². The summed E-state index contributed by atoms with van der Waals surface area (Å²) < 4.78 is 1.82. The maximum Gasteiger partial charge on any atom is 0.227 e. The van der Waals surface area contributed by atoms with Crippen molar-refractivity contribution in [2.24, 2.45) is 0 Å². The first-order valence-corrected chi connectivity index (χ1v) is 6.23. The van der Waals surface area contributed by atoms with Crippen LogP contribution >= 0.6 is 0 Å². The molecule has 0 aliphatic carbocycles. The van der Waals surface area contributed by atoms with Gasteiger partial charge >= 0.3 is 0 Å². The highest BCUT2D eigenvalue weighted by molar-refractivity contribution is 5.90. The SMILES string of the molecule is CC(C)n1nccc1NC(=O)CC1CCCN1. The summed E-state index contributed by atoms with van der Waals surface area (Å²) in [4.78, 5) is 11.8. The van der Waals surface area contributed by atoms with Crippen LogP contribution in [0.2, 0.25) is 0 Å². The fourth-order valence-corrected chi connectivity index (χ4v) is 2.17. The number of aromatic nitrogens is 2. The standard InChI is InChI=1S/C12H20N4O/c1-9(2)16-11(5-7-14-16)15-12(17)8-10-4-3-6-13-10/h5,7,9-10,13H,3-4,6,8H2,1-2H3,(H,15,17). The summed E-state index contributed by atoms with van der Waals surface area (Å²) in [5, 5.41) is 10.4. The molecule has 1 aromatic heterocycles. The lowest BCUT2D eigenvalue weighted by atomic mass is 10.1. The van der Waals surface area contributed by atoms with Crippen molar-refractivity contribution in [3.05, 3.63) is 12.3 Å². The second-order valence-electron chi connectivity index (χ2n) is 4.80. The summed E-state index contributed by atoms with van der Waals surface area (Å²) in [6, 6.07) is 2.43. The molecule has 1 unspecified atom stereocenters. The normalized spacial score (nSPS) is 19.8. The second kappa shape index (κ2) is 5.31. The number of hydrogen-bond donors (Lipinski definition) is 2. The van der Waals surface area contributed by atoms with Crippen molar-refractivity contribution >= 4 is 11.7 Å². The van der Waals surface area contributed by atoms with E-state index >= 15 is 0 Å². The molecule has 0 radical (unpaired) electrons. The third kappa shape index (κ3) is 3.06. The van der Waals surface area contributed by atoms with Gasteiger partial charge in [-0.05, 0) is 33.2 Å². The van der Waals surface area contributed by atoms with Gasteiger partial charge in [0.1, 0.15) is 5.82 Å². The number of hydrogen-bond acceptors (Lipinski definition) is 3. The molecule has 5 heteroatoms. The number of carbonyl (C=O) groups is 1. The number of amides is 1. The molecule has 5 nitrogen and oxygen atoms in total. The van der Waals surface area contributed by atoms with Crippen LogP contribution in [-0.2, 0) is 4.79 Å².